The van der Waals surface area contributed by atoms with Crippen molar-refractivity contribution in [3.63, 3.8) is 0 Å². The van der Waals surface area contributed by atoms with Gasteiger partial charge in [-0.1, -0.05) is 0 Å². The maximum atomic E-state index is 9.65. The van der Waals surface area contributed by atoms with Crippen molar-refractivity contribution in [1.82, 2.24) is 0 Å². The van der Waals surface area contributed by atoms with Gasteiger partial charge in [0, 0.05) is 0 Å². The minimum atomic E-state index is -0.245. The van der Waals surface area contributed by atoms with Gasteiger partial charge in [0.05, 0.1) is 26.9 Å². The van der Waals surface area contributed by atoms with Crippen molar-refractivity contribution in [3.05, 3.63) is 28.9 Å². The fourth-order valence-electron chi connectivity index (χ4n) is 1.43. The minimum absolute atomic E-state index is 0.245. The quantitative estimate of drug-likeness (QED) is 0.642. The summed E-state index contributed by atoms with van der Waals surface area (Å²) in [7, 11) is 4.39. The molecule has 0 bridgehead atoms. The lowest BCUT2D eigenvalue weighted by Crippen LogP contribution is -1.98. The summed E-state index contributed by atoms with van der Waals surface area (Å²) in [5.74, 6) is 0.877. The SMILES string of the molecule is COc1ccc(/C(O)=C/[N+]#N)c(OC)c1OC. The van der Waals surface area contributed by atoms with Gasteiger partial charge >= 0.3 is 6.20 Å². The number of diazo groups is 1. The smallest absolute Gasteiger partial charge is 0.392 e. The molecule has 1 rings (SSSR count). The van der Waals surface area contributed by atoms with E-state index in [2.05, 4.69) is 4.98 Å². The Balaban J connectivity index is 3.44. The monoisotopic (exact) mass is 237 g/mol. The molecular weight excluding hydrogens is 224 g/mol. The molecule has 0 unspecified atom stereocenters. The number of aliphatic hydroxyl groups excluding tert-OH is 1. The second-order valence-electron chi connectivity index (χ2n) is 3.01. The normalized spacial score (nSPS) is 10.6. The van der Waals surface area contributed by atoms with Crippen molar-refractivity contribution in [2.24, 2.45) is 0 Å². The van der Waals surface area contributed by atoms with Crippen LogP contribution < -0.4 is 14.2 Å². The van der Waals surface area contributed by atoms with Gasteiger partial charge in [0.15, 0.2) is 16.5 Å². The predicted octanol–water partition coefficient (Wildman–Crippen LogP) is 2.42. The zero-order valence-corrected chi connectivity index (χ0v) is 9.80. The van der Waals surface area contributed by atoms with E-state index in [0.717, 1.165) is 6.20 Å². The van der Waals surface area contributed by atoms with Gasteiger partial charge in [0.2, 0.25) is 16.9 Å². The van der Waals surface area contributed by atoms with E-state index in [4.69, 9.17) is 19.6 Å². The summed E-state index contributed by atoms with van der Waals surface area (Å²) in [5.41, 5.74) is 0.336. The molecule has 6 heteroatoms. The molecule has 0 saturated carbocycles. The molecule has 0 radical (unpaired) electrons. The lowest BCUT2D eigenvalue weighted by molar-refractivity contribution is 0.322. The molecule has 0 fully saturated rings. The number of aliphatic hydroxyl groups is 1. The molecule has 0 aliphatic rings. The van der Waals surface area contributed by atoms with E-state index in [1.165, 1.54) is 21.3 Å². The molecule has 17 heavy (non-hydrogen) atoms. The van der Waals surface area contributed by atoms with E-state index < -0.39 is 0 Å². The third kappa shape index (κ3) is 2.39. The topological polar surface area (TPSA) is 76.1 Å². The Morgan fingerprint density at radius 2 is 1.82 bits per heavy atom. The summed E-state index contributed by atoms with van der Waals surface area (Å²) >= 11 is 0. The maximum absolute atomic E-state index is 9.65. The van der Waals surface area contributed by atoms with Crippen LogP contribution >= 0.6 is 0 Å². The molecule has 0 atom stereocenters. The van der Waals surface area contributed by atoms with Gasteiger partial charge in [-0.25, -0.2) is 0 Å². The number of hydrogen-bond acceptors (Lipinski definition) is 5. The summed E-state index contributed by atoms with van der Waals surface area (Å²) in [6.07, 6.45) is 0.893. The third-order valence-corrected chi connectivity index (χ3v) is 2.16. The van der Waals surface area contributed by atoms with E-state index in [9.17, 15) is 5.11 Å². The van der Waals surface area contributed by atoms with Crippen LogP contribution in [0.25, 0.3) is 10.7 Å². The molecule has 1 aromatic carbocycles. The summed E-state index contributed by atoms with van der Waals surface area (Å²) in [4.78, 5) is 2.75. The Labute approximate surface area is 98.7 Å². The first-order valence-corrected chi connectivity index (χ1v) is 4.72. The van der Waals surface area contributed by atoms with Gasteiger partial charge in [-0.15, -0.1) is 0 Å². The molecule has 6 nitrogen and oxygen atoms in total. The summed E-state index contributed by atoms with van der Waals surface area (Å²) in [5, 5.41) is 18.0. The van der Waals surface area contributed by atoms with Crippen LogP contribution in [0.1, 0.15) is 5.56 Å². The van der Waals surface area contributed by atoms with E-state index in [1.54, 1.807) is 12.1 Å². The lowest BCUT2D eigenvalue weighted by atomic mass is 10.1. The molecule has 0 aliphatic heterocycles. The fraction of sp³-hybridized carbons (Fsp3) is 0.273. The fourth-order valence-corrected chi connectivity index (χ4v) is 1.43. The predicted molar refractivity (Wildman–Crippen MR) is 61.8 cm³/mol. The Morgan fingerprint density at radius 1 is 1.18 bits per heavy atom. The average Bonchev–Trinajstić information content (AvgIpc) is 2.36. The van der Waals surface area contributed by atoms with Gasteiger partial charge in [-0.05, 0) is 12.1 Å². The third-order valence-electron chi connectivity index (χ3n) is 2.16. The highest BCUT2D eigenvalue weighted by atomic mass is 16.5. The van der Waals surface area contributed by atoms with E-state index in [1.807, 2.05) is 0 Å². The second kappa shape index (κ2) is 5.61. The summed E-state index contributed by atoms with van der Waals surface area (Å²) in [6.45, 7) is 0. The highest BCUT2D eigenvalue weighted by molar-refractivity contribution is 5.71. The van der Waals surface area contributed by atoms with Crippen LogP contribution in [0.3, 0.4) is 0 Å². The van der Waals surface area contributed by atoms with Crippen molar-refractivity contribution in [2.75, 3.05) is 21.3 Å². The van der Waals surface area contributed by atoms with Crippen molar-refractivity contribution in [1.29, 1.82) is 5.39 Å². The molecule has 0 heterocycles. The number of rotatable bonds is 4. The maximum Gasteiger partial charge on any atom is 0.392 e. The Morgan fingerprint density at radius 3 is 2.29 bits per heavy atom. The van der Waals surface area contributed by atoms with E-state index >= 15 is 0 Å². The highest BCUT2D eigenvalue weighted by Crippen LogP contribution is 2.41. The van der Waals surface area contributed by atoms with Crippen molar-refractivity contribution in [2.45, 2.75) is 0 Å². The largest absolute Gasteiger partial charge is 0.501 e. The Kier molecular flexibility index (Phi) is 4.17. The van der Waals surface area contributed by atoms with Crippen LogP contribution in [0.4, 0.5) is 0 Å². The number of ether oxygens (including phenoxy) is 3. The summed E-state index contributed by atoms with van der Waals surface area (Å²) < 4.78 is 15.4. The first-order chi connectivity index (χ1) is 8.19. The molecule has 1 aromatic rings. The molecule has 0 aromatic heterocycles. The van der Waals surface area contributed by atoms with Crippen LogP contribution in [0.2, 0.25) is 0 Å². The van der Waals surface area contributed by atoms with Gasteiger partial charge in [0.1, 0.15) is 0 Å². The number of benzene rings is 1. The molecule has 90 valence electrons. The molecule has 0 saturated heterocycles. The standard InChI is InChI=1S/C11H12N2O4/c1-15-9-5-4-7(8(14)6-13-12)10(16-2)11(9)17-3/h4-6H,1-3H3/p+1/b8-6-. The van der Waals surface area contributed by atoms with Crippen LogP contribution in [0.15, 0.2) is 18.3 Å². The minimum Gasteiger partial charge on any atom is -0.501 e. The first kappa shape index (κ1) is 12.6. The van der Waals surface area contributed by atoms with E-state index in [0.29, 0.717) is 22.8 Å². The van der Waals surface area contributed by atoms with E-state index in [-0.39, 0.29) is 5.76 Å². The van der Waals surface area contributed by atoms with Gasteiger partial charge in [0.25, 0.3) is 0 Å². The van der Waals surface area contributed by atoms with Crippen LogP contribution in [0.5, 0.6) is 17.2 Å². The Bertz CT molecular complexity index is 477. The Hall–Kier alpha value is -2.42. The number of nitrogens with zero attached hydrogens (tertiary/aromatic N) is 2. The molecular formula is C11H13N2O4+. The first-order valence-electron chi connectivity index (χ1n) is 4.72. The number of hydrogen-bond donors (Lipinski definition) is 1. The van der Waals surface area contributed by atoms with Gasteiger partial charge in [-0.2, -0.15) is 0 Å². The van der Waals surface area contributed by atoms with Crippen LogP contribution in [0, 0.1) is 5.39 Å². The van der Waals surface area contributed by atoms with Crippen LogP contribution in [-0.4, -0.2) is 26.4 Å². The van der Waals surface area contributed by atoms with Gasteiger partial charge in [-0.3, -0.25) is 0 Å². The molecule has 1 N–H and O–H groups in total. The average molecular weight is 237 g/mol. The zero-order valence-electron chi connectivity index (χ0n) is 9.80. The van der Waals surface area contributed by atoms with Gasteiger partial charge < -0.3 is 19.3 Å². The highest BCUT2D eigenvalue weighted by Gasteiger charge is 2.19. The second-order valence-corrected chi connectivity index (χ2v) is 3.01. The molecule has 0 spiro atoms. The van der Waals surface area contributed by atoms with Crippen LogP contribution in [-0.2, 0) is 0 Å². The summed E-state index contributed by atoms with van der Waals surface area (Å²) in [6, 6.07) is 3.18. The molecule has 0 amide bonds. The van der Waals surface area contributed by atoms with Crippen molar-refractivity contribution in [3.8, 4) is 17.2 Å². The van der Waals surface area contributed by atoms with Crippen molar-refractivity contribution < 1.29 is 19.3 Å². The van der Waals surface area contributed by atoms with Crippen molar-refractivity contribution >= 4 is 5.76 Å². The molecule has 0 aliphatic carbocycles. The zero-order chi connectivity index (χ0) is 12.8. The lowest BCUT2D eigenvalue weighted by Gasteiger charge is -2.14. The number of methoxy groups -OCH3 is 3.